The molecule has 0 bridgehead atoms. The average molecular weight is 331 g/mol. The molecule has 0 aliphatic carbocycles. The highest BCUT2D eigenvalue weighted by atomic mass is 16.2. The van der Waals surface area contributed by atoms with Crippen LogP contribution in [-0.4, -0.2) is 27.9 Å². The molecule has 1 atom stereocenters. The maximum Gasteiger partial charge on any atom is 0.325 e. The second kappa shape index (κ2) is 6.36. The molecule has 2 heterocycles. The Kier molecular flexibility index (Phi) is 3.90. The maximum atomic E-state index is 12.7. The van der Waals surface area contributed by atoms with E-state index in [1.165, 1.54) is 4.90 Å². The number of fused-ring (bicyclic) bond motifs is 1. The molecule has 124 valence electrons. The number of aromatic nitrogens is 1. The number of hydrogen-bond acceptors (Lipinski definition) is 3. The number of para-hydroxylation sites is 1. The van der Waals surface area contributed by atoms with Gasteiger partial charge in [-0.1, -0.05) is 48.5 Å². The van der Waals surface area contributed by atoms with Gasteiger partial charge in [-0.3, -0.25) is 14.7 Å². The largest absolute Gasteiger partial charge is 0.325 e. The Morgan fingerprint density at radius 2 is 1.72 bits per heavy atom. The van der Waals surface area contributed by atoms with Gasteiger partial charge in [-0.05, 0) is 23.3 Å². The Morgan fingerprint density at radius 1 is 0.960 bits per heavy atom. The first kappa shape index (κ1) is 15.3. The minimum absolute atomic E-state index is 0.185. The van der Waals surface area contributed by atoms with E-state index in [0.717, 1.165) is 22.0 Å². The van der Waals surface area contributed by atoms with E-state index < -0.39 is 6.04 Å². The van der Waals surface area contributed by atoms with Crippen molar-refractivity contribution in [1.29, 1.82) is 0 Å². The summed E-state index contributed by atoms with van der Waals surface area (Å²) in [6.45, 7) is 0.249. The number of imide groups is 1. The number of nitrogens with zero attached hydrogens (tertiary/aromatic N) is 2. The monoisotopic (exact) mass is 331 g/mol. The zero-order valence-electron chi connectivity index (χ0n) is 13.6. The standard InChI is InChI=1S/C20H17N3O2/c24-19-18(12-14-6-2-1-3-7-14)22-20(25)23(19)13-15-10-11-21-17-9-5-4-8-16(15)17/h1-11,18H,12-13H2,(H,22,25)/t18-/m0/s1. The molecule has 1 saturated heterocycles. The molecule has 0 radical (unpaired) electrons. The summed E-state index contributed by atoms with van der Waals surface area (Å²) in [5.41, 5.74) is 2.79. The topological polar surface area (TPSA) is 62.3 Å². The smallest absolute Gasteiger partial charge is 0.325 e. The van der Waals surface area contributed by atoms with Crippen LogP contribution in [-0.2, 0) is 17.8 Å². The van der Waals surface area contributed by atoms with Gasteiger partial charge in [0, 0.05) is 18.0 Å². The van der Waals surface area contributed by atoms with Crippen molar-refractivity contribution in [2.24, 2.45) is 0 Å². The lowest BCUT2D eigenvalue weighted by molar-refractivity contribution is -0.127. The van der Waals surface area contributed by atoms with E-state index in [1.54, 1.807) is 6.20 Å². The van der Waals surface area contributed by atoms with Crippen molar-refractivity contribution < 1.29 is 9.59 Å². The zero-order valence-corrected chi connectivity index (χ0v) is 13.6. The number of amides is 3. The van der Waals surface area contributed by atoms with Crippen LogP contribution in [0.5, 0.6) is 0 Å². The second-order valence-electron chi connectivity index (χ2n) is 6.10. The summed E-state index contributed by atoms with van der Waals surface area (Å²) in [6, 6.07) is 18.4. The van der Waals surface area contributed by atoms with E-state index in [2.05, 4.69) is 10.3 Å². The quantitative estimate of drug-likeness (QED) is 0.748. The molecule has 0 spiro atoms. The van der Waals surface area contributed by atoms with Gasteiger partial charge >= 0.3 is 6.03 Å². The van der Waals surface area contributed by atoms with E-state index in [4.69, 9.17) is 0 Å². The van der Waals surface area contributed by atoms with E-state index in [0.29, 0.717) is 6.42 Å². The van der Waals surface area contributed by atoms with Crippen LogP contribution in [0.3, 0.4) is 0 Å². The predicted molar refractivity (Wildman–Crippen MR) is 94.8 cm³/mol. The summed E-state index contributed by atoms with van der Waals surface area (Å²) in [6.07, 6.45) is 2.20. The molecule has 2 aromatic carbocycles. The Labute approximate surface area is 145 Å². The van der Waals surface area contributed by atoms with Crippen molar-refractivity contribution in [3.8, 4) is 0 Å². The lowest BCUT2D eigenvalue weighted by Gasteiger charge is -2.14. The number of rotatable bonds is 4. The summed E-state index contributed by atoms with van der Waals surface area (Å²) < 4.78 is 0. The Morgan fingerprint density at radius 3 is 2.56 bits per heavy atom. The van der Waals surface area contributed by atoms with Crippen molar-refractivity contribution in [2.75, 3.05) is 0 Å². The number of benzene rings is 2. The van der Waals surface area contributed by atoms with Crippen LogP contribution >= 0.6 is 0 Å². The van der Waals surface area contributed by atoms with Gasteiger partial charge in [-0.2, -0.15) is 0 Å². The lowest BCUT2D eigenvalue weighted by Crippen LogP contribution is -2.32. The van der Waals surface area contributed by atoms with Crippen molar-refractivity contribution >= 4 is 22.8 Å². The number of hydrogen-bond donors (Lipinski definition) is 1. The summed E-state index contributed by atoms with van der Waals surface area (Å²) in [5, 5.41) is 3.75. The minimum atomic E-state index is -0.511. The molecule has 1 aliphatic heterocycles. The van der Waals surface area contributed by atoms with Crippen molar-refractivity contribution in [1.82, 2.24) is 15.2 Å². The molecule has 5 heteroatoms. The number of nitrogens with one attached hydrogen (secondary N) is 1. The SMILES string of the molecule is O=C1N[C@@H](Cc2ccccc2)C(=O)N1Cc1ccnc2ccccc12. The molecular formula is C20H17N3O2. The van der Waals surface area contributed by atoms with Crippen LogP contribution in [0.15, 0.2) is 66.9 Å². The summed E-state index contributed by atoms with van der Waals surface area (Å²) in [5.74, 6) is -0.185. The van der Waals surface area contributed by atoms with Crippen LogP contribution in [0.2, 0.25) is 0 Å². The van der Waals surface area contributed by atoms with Gasteiger partial charge in [0.1, 0.15) is 6.04 Å². The highest BCUT2D eigenvalue weighted by molar-refractivity contribution is 6.04. The van der Waals surface area contributed by atoms with Crippen LogP contribution in [0.25, 0.3) is 10.9 Å². The average Bonchev–Trinajstić information content (AvgIpc) is 2.90. The predicted octanol–water partition coefficient (Wildman–Crippen LogP) is 2.90. The Balaban J connectivity index is 1.56. The highest BCUT2D eigenvalue weighted by Crippen LogP contribution is 2.21. The maximum absolute atomic E-state index is 12.7. The fraction of sp³-hybridized carbons (Fsp3) is 0.150. The third-order valence-corrected chi connectivity index (χ3v) is 4.46. The molecule has 1 aliphatic rings. The van der Waals surface area contributed by atoms with Crippen LogP contribution in [0.4, 0.5) is 4.79 Å². The first-order chi connectivity index (χ1) is 12.2. The molecule has 1 aromatic heterocycles. The fourth-order valence-corrected chi connectivity index (χ4v) is 3.18. The van der Waals surface area contributed by atoms with E-state index >= 15 is 0 Å². The van der Waals surface area contributed by atoms with Crippen LogP contribution in [0, 0.1) is 0 Å². The fourth-order valence-electron chi connectivity index (χ4n) is 3.18. The van der Waals surface area contributed by atoms with E-state index in [-0.39, 0.29) is 18.5 Å². The molecule has 1 fully saturated rings. The van der Waals surface area contributed by atoms with Crippen molar-refractivity contribution in [3.63, 3.8) is 0 Å². The van der Waals surface area contributed by atoms with Crippen molar-refractivity contribution in [2.45, 2.75) is 19.0 Å². The van der Waals surface area contributed by atoms with Gasteiger partial charge in [0.25, 0.3) is 5.91 Å². The zero-order chi connectivity index (χ0) is 17.2. The molecule has 0 unspecified atom stereocenters. The number of carbonyl (C=O) groups excluding carboxylic acids is 2. The van der Waals surface area contributed by atoms with Gasteiger partial charge in [-0.15, -0.1) is 0 Å². The minimum Gasteiger partial charge on any atom is -0.325 e. The first-order valence-electron chi connectivity index (χ1n) is 8.21. The molecule has 3 amide bonds. The Hall–Kier alpha value is -3.21. The van der Waals surface area contributed by atoms with E-state index in [1.807, 2.05) is 60.7 Å². The molecule has 5 nitrogen and oxygen atoms in total. The molecule has 4 rings (SSSR count). The molecule has 0 saturated carbocycles. The van der Waals surface area contributed by atoms with Gasteiger partial charge in [-0.25, -0.2) is 4.79 Å². The normalized spacial score (nSPS) is 17.1. The number of pyridine rings is 1. The third kappa shape index (κ3) is 2.96. The third-order valence-electron chi connectivity index (χ3n) is 4.46. The second-order valence-corrected chi connectivity index (χ2v) is 6.10. The Bertz CT molecular complexity index is 935. The molecule has 1 N–H and O–H groups in total. The molecular weight excluding hydrogens is 314 g/mol. The van der Waals surface area contributed by atoms with Crippen LogP contribution < -0.4 is 5.32 Å². The van der Waals surface area contributed by atoms with Gasteiger partial charge < -0.3 is 5.32 Å². The number of urea groups is 1. The summed E-state index contributed by atoms with van der Waals surface area (Å²) in [4.78, 5) is 30.6. The highest BCUT2D eigenvalue weighted by Gasteiger charge is 2.37. The van der Waals surface area contributed by atoms with Gasteiger partial charge in [0.15, 0.2) is 0 Å². The summed E-state index contributed by atoms with van der Waals surface area (Å²) >= 11 is 0. The molecule has 25 heavy (non-hydrogen) atoms. The van der Waals surface area contributed by atoms with Gasteiger partial charge in [0.05, 0.1) is 12.1 Å². The van der Waals surface area contributed by atoms with Crippen molar-refractivity contribution in [3.05, 3.63) is 78.0 Å². The van der Waals surface area contributed by atoms with Gasteiger partial charge in [0.2, 0.25) is 0 Å². The lowest BCUT2D eigenvalue weighted by atomic mass is 10.1. The van der Waals surface area contributed by atoms with Crippen LogP contribution in [0.1, 0.15) is 11.1 Å². The molecule has 3 aromatic rings. The summed E-state index contributed by atoms with van der Waals surface area (Å²) in [7, 11) is 0. The van der Waals surface area contributed by atoms with E-state index in [9.17, 15) is 9.59 Å². The number of carbonyl (C=O) groups is 2. The first-order valence-corrected chi connectivity index (χ1v) is 8.21.